The van der Waals surface area contributed by atoms with E-state index in [4.69, 9.17) is 4.74 Å². The molecule has 1 aromatic heterocycles. The van der Waals surface area contributed by atoms with Crippen LogP contribution >= 0.6 is 0 Å². The van der Waals surface area contributed by atoms with Crippen molar-refractivity contribution in [3.05, 3.63) is 5.82 Å². The highest BCUT2D eigenvalue weighted by atomic mass is 16.5. The topological polar surface area (TPSA) is 73.1 Å². The van der Waals surface area contributed by atoms with Crippen LogP contribution in [0.15, 0.2) is 0 Å². The minimum atomic E-state index is -0.707. The van der Waals surface area contributed by atoms with E-state index in [1.165, 1.54) is 4.80 Å². The van der Waals surface area contributed by atoms with Gasteiger partial charge in [0, 0.05) is 32.5 Å². The largest absolute Gasteiger partial charge is 0.389 e. The Morgan fingerprint density at radius 2 is 2.21 bits per heavy atom. The summed E-state index contributed by atoms with van der Waals surface area (Å²) in [6.45, 7) is 1.22. The van der Waals surface area contributed by atoms with Gasteiger partial charge in [0.1, 0.15) is 0 Å². The van der Waals surface area contributed by atoms with Crippen molar-refractivity contribution in [1.82, 2.24) is 20.2 Å². The van der Waals surface area contributed by atoms with E-state index in [1.807, 2.05) is 0 Å². The van der Waals surface area contributed by atoms with Crippen LogP contribution in [0.25, 0.3) is 0 Å². The third-order valence-electron chi connectivity index (χ3n) is 2.46. The molecule has 1 aliphatic heterocycles. The molecule has 1 saturated heterocycles. The monoisotopic (exact) mass is 198 g/mol. The summed E-state index contributed by atoms with van der Waals surface area (Å²) in [6.07, 6.45) is 1.75. The van der Waals surface area contributed by atoms with Crippen LogP contribution in [0, 0.1) is 0 Å². The molecule has 6 heteroatoms. The van der Waals surface area contributed by atoms with Gasteiger partial charge in [-0.05, 0) is 5.21 Å². The predicted octanol–water partition coefficient (Wildman–Crippen LogP) is -0.706. The second-order valence-electron chi connectivity index (χ2n) is 3.71. The van der Waals surface area contributed by atoms with Crippen molar-refractivity contribution in [1.29, 1.82) is 0 Å². The summed E-state index contributed by atoms with van der Waals surface area (Å²) in [7, 11) is 1.71. The molecule has 14 heavy (non-hydrogen) atoms. The van der Waals surface area contributed by atoms with E-state index < -0.39 is 5.60 Å². The summed E-state index contributed by atoms with van der Waals surface area (Å²) in [4.78, 5) is 1.40. The Bertz CT molecular complexity index is 306. The van der Waals surface area contributed by atoms with E-state index >= 15 is 0 Å². The van der Waals surface area contributed by atoms with Crippen molar-refractivity contribution in [2.24, 2.45) is 7.05 Å². The van der Waals surface area contributed by atoms with Gasteiger partial charge in [0.2, 0.25) is 0 Å². The van der Waals surface area contributed by atoms with Gasteiger partial charge in [0.25, 0.3) is 0 Å². The molecule has 0 atom stereocenters. The predicted molar refractivity (Wildman–Crippen MR) is 47.5 cm³/mol. The number of ether oxygens (including phenoxy) is 1. The first kappa shape index (κ1) is 9.54. The fourth-order valence-corrected chi connectivity index (χ4v) is 1.62. The lowest BCUT2D eigenvalue weighted by Crippen LogP contribution is -2.38. The quantitative estimate of drug-likeness (QED) is 0.680. The molecule has 0 radical (unpaired) electrons. The molecule has 1 N–H and O–H groups in total. The number of hydrogen-bond acceptors (Lipinski definition) is 5. The Morgan fingerprint density at radius 3 is 2.79 bits per heavy atom. The minimum Gasteiger partial charge on any atom is -0.389 e. The average molecular weight is 198 g/mol. The maximum atomic E-state index is 10.1. The van der Waals surface area contributed by atoms with E-state index in [2.05, 4.69) is 15.4 Å². The van der Waals surface area contributed by atoms with Gasteiger partial charge in [-0.1, -0.05) is 0 Å². The first-order valence-electron chi connectivity index (χ1n) is 4.71. The normalized spacial score (nSPS) is 21.0. The van der Waals surface area contributed by atoms with Crippen LogP contribution in [0.1, 0.15) is 18.7 Å². The summed E-state index contributed by atoms with van der Waals surface area (Å²) in [5, 5.41) is 21.8. The van der Waals surface area contributed by atoms with Gasteiger partial charge < -0.3 is 9.84 Å². The second-order valence-corrected chi connectivity index (χ2v) is 3.71. The summed E-state index contributed by atoms with van der Waals surface area (Å²) in [6, 6.07) is 0. The standard InChI is InChI=1S/C8H14N4O2/c1-12-10-7(9-11-12)6-8(13)2-4-14-5-3-8/h13H,2-6H2,1H3. The SMILES string of the molecule is Cn1nnc(CC2(O)CCOCC2)n1. The molecule has 78 valence electrons. The molecular formula is C8H14N4O2. The van der Waals surface area contributed by atoms with Crippen LogP contribution in [0.4, 0.5) is 0 Å². The highest BCUT2D eigenvalue weighted by molar-refractivity contribution is 4.92. The van der Waals surface area contributed by atoms with Crippen LogP contribution in [0.5, 0.6) is 0 Å². The van der Waals surface area contributed by atoms with Gasteiger partial charge in [0.05, 0.1) is 12.6 Å². The lowest BCUT2D eigenvalue weighted by molar-refractivity contribution is -0.0636. The Balaban J connectivity index is 2.01. The number of aromatic nitrogens is 4. The Morgan fingerprint density at radius 1 is 1.50 bits per heavy atom. The van der Waals surface area contributed by atoms with Crippen molar-refractivity contribution in [3.63, 3.8) is 0 Å². The zero-order chi connectivity index (χ0) is 10.0. The molecule has 1 aliphatic rings. The van der Waals surface area contributed by atoms with Crippen molar-refractivity contribution >= 4 is 0 Å². The van der Waals surface area contributed by atoms with Crippen LogP contribution in [0.3, 0.4) is 0 Å². The summed E-state index contributed by atoms with van der Waals surface area (Å²) in [5.41, 5.74) is -0.707. The van der Waals surface area contributed by atoms with Crippen LogP contribution < -0.4 is 0 Å². The van der Waals surface area contributed by atoms with Crippen LogP contribution in [-0.2, 0) is 18.2 Å². The van der Waals surface area contributed by atoms with Gasteiger partial charge in [-0.25, -0.2) is 0 Å². The smallest absolute Gasteiger partial charge is 0.177 e. The fourth-order valence-electron chi connectivity index (χ4n) is 1.62. The summed E-state index contributed by atoms with van der Waals surface area (Å²) in [5.74, 6) is 0.594. The molecule has 0 amide bonds. The molecule has 6 nitrogen and oxygen atoms in total. The van der Waals surface area contributed by atoms with E-state index in [1.54, 1.807) is 7.05 Å². The molecule has 0 unspecified atom stereocenters. The number of tetrazole rings is 1. The number of aryl methyl sites for hydroxylation is 1. The highest BCUT2D eigenvalue weighted by Gasteiger charge is 2.31. The minimum absolute atomic E-state index is 0.463. The van der Waals surface area contributed by atoms with Gasteiger partial charge in [-0.3, -0.25) is 0 Å². The highest BCUT2D eigenvalue weighted by Crippen LogP contribution is 2.23. The Hall–Kier alpha value is -1.01. The first-order chi connectivity index (χ1) is 6.68. The molecule has 0 spiro atoms. The summed E-state index contributed by atoms with van der Waals surface area (Å²) >= 11 is 0. The molecule has 0 bridgehead atoms. The third-order valence-corrected chi connectivity index (χ3v) is 2.46. The van der Waals surface area contributed by atoms with E-state index in [9.17, 15) is 5.11 Å². The Labute approximate surface area is 81.9 Å². The maximum Gasteiger partial charge on any atom is 0.177 e. The number of rotatable bonds is 2. The zero-order valence-electron chi connectivity index (χ0n) is 8.18. The molecule has 2 rings (SSSR count). The average Bonchev–Trinajstić information content (AvgIpc) is 2.51. The number of hydrogen-bond donors (Lipinski definition) is 1. The van der Waals surface area contributed by atoms with Crippen molar-refractivity contribution < 1.29 is 9.84 Å². The molecule has 0 aromatic carbocycles. The first-order valence-corrected chi connectivity index (χ1v) is 4.71. The van der Waals surface area contributed by atoms with E-state index in [-0.39, 0.29) is 0 Å². The fraction of sp³-hybridized carbons (Fsp3) is 0.875. The van der Waals surface area contributed by atoms with Gasteiger partial charge in [-0.15, -0.1) is 10.2 Å². The second kappa shape index (κ2) is 3.62. The van der Waals surface area contributed by atoms with Gasteiger partial charge in [0.15, 0.2) is 5.82 Å². The van der Waals surface area contributed by atoms with Crippen molar-refractivity contribution in [2.45, 2.75) is 24.9 Å². The zero-order valence-corrected chi connectivity index (χ0v) is 8.18. The van der Waals surface area contributed by atoms with Gasteiger partial charge in [-0.2, -0.15) is 4.80 Å². The van der Waals surface area contributed by atoms with Crippen LogP contribution in [-0.4, -0.2) is 44.1 Å². The van der Waals surface area contributed by atoms with Crippen LogP contribution in [0.2, 0.25) is 0 Å². The molecule has 1 fully saturated rings. The molecular weight excluding hydrogens is 184 g/mol. The Kier molecular flexibility index (Phi) is 2.47. The molecule has 0 saturated carbocycles. The third kappa shape index (κ3) is 2.08. The molecule has 1 aromatic rings. The van der Waals surface area contributed by atoms with Crippen molar-refractivity contribution in [3.8, 4) is 0 Å². The molecule has 0 aliphatic carbocycles. The molecule has 2 heterocycles. The summed E-state index contributed by atoms with van der Waals surface area (Å²) < 4.78 is 5.19. The van der Waals surface area contributed by atoms with E-state index in [0.29, 0.717) is 38.3 Å². The van der Waals surface area contributed by atoms with Crippen molar-refractivity contribution in [2.75, 3.05) is 13.2 Å². The van der Waals surface area contributed by atoms with Gasteiger partial charge >= 0.3 is 0 Å². The number of aliphatic hydroxyl groups is 1. The van der Waals surface area contributed by atoms with E-state index in [0.717, 1.165) is 0 Å². The maximum absolute atomic E-state index is 10.1. The number of nitrogens with zero attached hydrogens (tertiary/aromatic N) is 4. The lowest BCUT2D eigenvalue weighted by atomic mass is 9.91. The lowest BCUT2D eigenvalue weighted by Gasteiger charge is -2.30.